The van der Waals surface area contributed by atoms with Crippen LogP contribution in [0.2, 0.25) is 0 Å². The molecule has 1 amide bonds. The summed E-state index contributed by atoms with van der Waals surface area (Å²) in [6.07, 6.45) is -6.28. The summed E-state index contributed by atoms with van der Waals surface area (Å²) >= 11 is 0. The van der Waals surface area contributed by atoms with Crippen LogP contribution >= 0.6 is 12.4 Å². The second-order valence-electron chi connectivity index (χ2n) is 6.00. The number of rotatable bonds is 4. The molecular weight excluding hydrogens is 428 g/mol. The first-order valence-corrected chi connectivity index (χ1v) is 7.78. The Balaban J connectivity index is 0.00000385. The van der Waals surface area contributed by atoms with E-state index in [1.807, 2.05) is 0 Å². The van der Waals surface area contributed by atoms with Gasteiger partial charge in [0.15, 0.2) is 17.5 Å². The van der Waals surface area contributed by atoms with Gasteiger partial charge in [0, 0.05) is 31.5 Å². The van der Waals surface area contributed by atoms with E-state index in [0.29, 0.717) is 17.0 Å². The zero-order valence-electron chi connectivity index (χ0n) is 18.3. The van der Waals surface area contributed by atoms with E-state index < -0.39 is 79.6 Å². The van der Waals surface area contributed by atoms with Crippen molar-refractivity contribution in [3.05, 3.63) is 46.8 Å². The summed E-state index contributed by atoms with van der Waals surface area (Å²) in [5.41, 5.74) is 5.40. The largest absolute Gasteiger partial charge is 0.451 e. The summed E-state index contributed by atoms with van der Waals surface area (Å²) in [5.74, 6) is -7.42. The summed E-state index contributed by atoms with van der Waals surface area (Å²) in [5, 5.41) is 6.10. The Labute approximate surface area is 172 Å². The Morgan fingerprint density at radius 1 is 1.17 bits per heavy atom. The lowest BCUT2D eigenvalue weighted by Gasteiger charge is -2.29. The first-order valence-electron chi connectivity index (χ1n) is 9.78. The molecule has 0 bridgehead atoms. The predicted octanol–water partition coefficient (Wildman–Crippen LogP) is 2.44. The number of nitrogens with two attached hydrogens (primary N) is 1. The van der Waals surface area contributed by atoms with Crippen molar-refractivity contribution < 1.29 is 36.6 Å². The van der Waals surface area contributed by atoms with Crippen molar-refractivity contribution in [2.75, 3.05) is 6.50 Å². The molecule has 0 saturated carbocycles. The zero-order valence-corrected chi connectivity index (χ0v) is 15.1. The molecule has 3 rings (SSSR count). The lowest BCUT2D eigenvalue weighted by molar-refractivity contribution is -0.148. The van der Waals surface area contributed by atoms with Crippen molar-refractivity contribution in [2.24, 2.45) is 5.73 Å². The van der Waals surface area contributed by atoms with Crippen LogP contribution in [0.3, 0.4) is 0 Å². The van der Waals surface area contributed by atoms with Crippen LogP contribution in [0.1, 0.15) is 29.1 Å². The minimum Gasteiger partial charge on any atom is -0.333 e. The number of halogens is 7. The second kappa shape index (κ2) is 8.57. The molecule has 13 heteroatoms. The third kappa shape index (κ3) is 4.99. The van der Waals surface area contributed by atoms with Crippen LogP contribution in [0.5, 0.6) is 0 Å². The van der Waals surface area contributed by atoms with Gasteiger partial charge in [-0.05, 0) is 18.1 Å². The molecule has 1 unspecified atom stereocenters. The molecule has 0 aliphatic carbocycles. The lowest BCUT2D eigenvalue weighted by atomic mass is 10.0. The van der Waals surface area contributed by atoms with Crippen LogP contribution in [-0.2, 0) is 30.4 Å². The van der Waals surface area contributed by atoms with E-state index in [9.17, 15) is 31.1 Å². The number of aromatic nitrogens is 3. The van der Waals surface area contributed by atoms with Crippen LogP contribution in [0.25, 0.3) is 0 Å². The smallest absolute Gasteiger partial charge is 0.333 e. The van der Waals surface area contributed by atoms with Gasteiger partial charge in [-0.2, -0.15) is 13.2 Å². The highest BCUT2D eigenvalue weighted by Crippen LogP contribution is 2.29. The Kier molecular flexibility index (Phi) is 5.18. The number of alkyl halides is 3. The number of nitrogens with zero attached hydrogens (tertiary/aromatic N) is 4. The molecule has 0 radical (unpaired) electrons. The maximum Gasteiger partial charge on any atom is 0.451 e. The third-order valence-corrected chi connectivity index (χ3v) is 3.89. The minimum absolute atomic E-state index is 0. The van der Waals surface area contributed by atoms with Crippen molar-refractivity contribution >= 4 is 18.3 Å². The molecule has 1 atom stereocenters. The summed E-state index contributed by atoms with van der Waals surface area (Å²) in [6.45, 7) is -7.52. The molecule has 1 aromatic carbocycles. The number of amides is 1. The first-order chi connectivity index (χ1) is 14.6. The molecule has 29 heavy (non-hydrogen) atoms. The number of carbonyl (C=O) groups is 1. The molecule has 6 nitrogen and oxygen atoms in total. The monoisotopic (exact) mass is 447 g/mol. The van der Waals surface area contributed by atoms with Crippen molar-refractivity contribution in [2.45, 2.75) is 38.1 Å². The minimum atomic E-state index is -5.13. The van der Waals surface area contributed by atoms with Crippen molar-refractivity contribution in [3.8, 4) is 0 Å². The summed E-state index contributed by atoms with van der Waals surface area (Å²) < 4.78 is 111. The van der Waals surface area contributed by atoms with Crippen LogP contribution in [0.4, 0.5) is 26.3 Å². The Morgan fingerprint density at radius 3 is 2.48 bits per heavy atom. The number of hydrogen-bond donors (Lipinski definition) is 1. The zero-order chi connectivity index (χ0) is 24.2. The topological polar surface area (TPSA) is 77.0 Å². The Morgan fingerprint density at radius 2 is 1.83 bits per heavy atom. The Bertz CT molecular complexity index is 1070. The highest BCUT2D eigenvalue weighted by Gasteiger charge is 2.39. The van der Waals surface area contributed by atoms with Gasteiger partial charge in [-0.3, -0.25) is 4.79 Å². The van der Waals surface area contributed by atoms with E-state index in [1.165, 1.54) is 0 Å². The molecular formula is C16H16ClF6N5O. The van der Waals surface area contributed by atoms with Gasteiger partial charge in [-0.1, -0.05) is 0 Å². The van der Waals surface area contributed by atoms with Gasteiger partial charge in [0.2, 0.25) is 11.7 Å². The predicted molar refractivity (Wildman–Crippen MR) is 90.3 cm³/mol. The van der Waals surface area contributed by atoms with Crippen LogP contribution in [-0.4, -0.2) is 38.1 Å². The molecule has 1 aliphatic rings. The van der Waals surface area contributed by atoms with Gasteiger partial charge in [0.25, 0.3) is 0 Å². The van der Waals surface area contributed by atoms with E-state index in [1.54, 1.807) is 0 Å². The average molecular weight is 448 g/mol. The fraction of sp³-hybridized carbons (Fsp3) is 0.438. The van der Waals surface area contributed by atoms with Crippen molar-refractivity contribution in [3.63, 3.8) is 0 Å². The van der Waals surface area contributed by atoms with Gasteiger partial charge < -0.3 is 15.2 Å². The van der Waals surface area contributed by atoms with E-state index in [0.717, 1.165) is 0 Å². The maximum absolute atomic E-state index is 13.8. The fourth-order valence-electron chi connectivity index (χ4n) is 2.57. The van der Waals surface area contributed by atoms with E-state index in [2.05, 4.69) is 10.2 Å². The van der Waals surface area contributed by atoms with Crippen molar-refractivity contribution in [1.82, 2.24) is 19.7 Å². The van der Waals surface area contributed by atoms with E-state index >= 15 is 0 Å². The summed E-state index contributed by atoms with van der Waals surface area (Å²) in [7, 11) is 0. The lowest BCUT2D eigenvalue weighted by Crippen LogP contribution is -2.42. The maximum atomic E-state index is 13.8. The van der Waals surface area contributed by atoms with Crippen LogP contribution in [0, 0.1) is 17.5 Å². The molecule has 0 saturated heterocycles. The number of benzene rings is 1. The van der Waals surface area contributed by atoms with Gasteiger partial charge in [0.1, 0.15) is 5.82 Å². The van der Waals surface area contributed by atoms with Crippen LogP contribution < -0.4 is 5.73 Å². The van der Waals surface area contributed by atoms with Gasteiger partial charge in [0.05, 0.1) is 12.0 Å². The number of hydrogen-bond acceptors (Lipinski definition) is 4. The van der Waals surface area contributed by atoms with Crippen LogP contribution in [0.15, 0.2) is 12.1 Å². The quantitative estimate of drug-likeness (QED) is 0.577. The summed E-state index contributed by atoms with van der Waals surface area (Å²) in [6, 6.07) is -0.383. The standard InChI is InChI=1S/C16H15F6N5O.ClH/c17-10-6-12(19)11(18)4-8(10)3-9(23)5-14(28)26-1-2-27-13(7-26)24-25-15(27)16(20,21)22;/h4,6,9H,1-3,5,7,23H2;1H/i1D2,2D2;. The highest BCUT2D eigenvalue weighted by molar-refractivity contribution is 5.85. The van der Waals surface area contributed by atoms with Gasteiger partial charge >= 0.3 is 6.18 Å². The van der Waals surface area contributed by atoms with Gasteiger partial charge in [-0.25, -0.2) is 13.2 Å². The number of carbonyl (C=O) groups excluding carboxylic acids is 1. The van der Waals surface area contributed by atoms with Gasteiger partial charge in [-0.15, -0.1) is 22.6 Å². The summed E-state index contributed by atoms with van der Waals surface area (Å²) in [4.78, 5) is 13.0. The van der Waals surface area contributed by atoms with E-state index in [4.69, 9.17) is 11.2 Å². The molecule has 2 N–H and O–H groups in total. The molecule has 1 aromatic heterocycles. The number of fused-ring (bicyclic) bond motifs is 1. The molecule has 0 spiro atoms. The normalized spacial score (nSPS) is 20.4. The highest BCUT2D eigenvalue weighted by atomic mass is 35.5. The van der Waals surface area contributed by atoms with Crippen molar-refractivity contribution in [1.29, 1.82) is 0 Å². The molecule has 160 valence electrons. The molecule has 2 heterocycles. The first kappa shape index (κ1) is 17.5. The fourth-order valence-corrected chi connectivity index (χ4v) is 2.57. The molecule has 2 aromatic rings. The average Bonchev–Trinajstić information content (AvgIpc) is 3.08. The second-order valence-corrected chi connectivity index (χ2v) is 6.00. The molecule has 1 aliphatic heterocycles. The van der Waals surface area contributed by atoms with E-state index in [-0.39, 0.29) is 22.5 Å². The SMILES string of the molecule is Cl.[2H]C1([2H])N(C(=O)CC(N)Cc2cc(F)c(F)cc2F)Cc2nnc(C(F)(F)F)n2C1([2H])[2H]. The third-order valence-electron chi connectivity index (χ3n) is 3.89. The Hall–Kier alpha value is -2.34. The molecule has 0 fully saturated rings.